The zero-order chi connectivity index (χ0) is 13.9. The molecule has 1 aromatic carbocycles. The second-order valence-corrected chi connectivity index (χ2v) is 5.82. The molecule has 0 N–H and O–H groups in total. The number of hydrogen-bond acceptors (Lipinski definition) is 1. The molecule has 0 radical (unpaired) electrons. The summed E-state index contributed by atoms with van der Waals surface area (Å²) in [5.74, 6) is 0.290. The number of hydrogen-bond donors (Lipinski definition) is 0. The van der Waals surface area contributed by atoms with Crippen LogP contribution < -0.4 is 0 Å². The highest BCUT2D eigenvalue weighted by atomic mass is 35.5. The third-order valence-electron chi connectivity index (χ3n) is 3.81. The molecule has 1 aliphatic rings. The number of nitrogens with zero attached hydrogens (tertiary/aromatic N) is 1. The Bertz CT molecular complexity index is 448. The number of amides is 1. The molecule has 0 bridgehead atoms. The van der Waals surface area contributed by atoms with Crippen molar-refractivity contribution in [3.05, 3.63) is 34.9 Å². The molecule has 1 fully saturated rings. The van der Waals surface area contributed by atoms with E-state index in [1.165, 1.54) is 0 Å². The zero-order valence-electron chi connectivity index (χ0n) is 11.8. The van der Waals surface area contributed by atoms with Crippen molar-refractivity contribution in [2.75, 3.05) is 13.1 Å². The van der Waals surface area contributed by atoms with Crippen molar-refractivity contribution in [1.82, 2.24) is 4.90 Å². The molecule has 19 heavy (non-hydrogen) atoms. The molecule has 0 heterocycles. The van der Waals surface area contributed by atoms with Crippen molar-refractivity contribution in [3.8, 4) is 0 Å². The predicted molar refractivity (Wildman–Crippen MR) is 79.5 cm³/mol. The Kier molecular flexibility index (Phi) is 4.51. The maximum absolute atomic E-state index is 12.8. The van der Waals surface area contributed by atoms with E-state index in [0.29, 0.717) is 10.9 Å². The van der Waals surface area contributed by atoms with E-state index in [0.717, 1.165) is 44.3 Å². The third kappa shape index (κ3) is 2.94. The molecule has 0 unspecified atom stereocenters. The lowest BCUT2D eigenvalue weighted by Crippen LogP contribution is -2.40. The quantitative estimate of drug-likeness (QED) is 0.770. The van der Waals surface area contributed by atoms with E-state index in [4.69, 9.17) is 11.6 Å². The third-order valence-corrected chi connectivity index (χ3v) is 4.05. The van der Waals surface area contributed by atoms with E-state index in [2.05, 4.69) is 13.8 Å². The van der Waals surface area contributed by atoms with Crippen LogP contribution in [-0.4, -0.2) is 23.9 Å². The van der Waals surface area contributed by atoms with Crippen molar-refractivity contribution in [1.29, 1.82) is 0 Å². The number of benzene rings is 1. The first-order valence-corrected chi connectivity index (χ1v) is 7.57. The monoisotopic (exact) mass is 279 g/mol. The van der Waals surface area contributed by atoms with Crippen LogP contribution in [0.3, 0.4) is 0 Å². The molecule has 0 aromatic heterocycles. The van der Waals surface area contributed by atoms with Gasteiger partial charge in [-0.05, 0) is 43.4 Å². The Balaban J connectivity index is 2.21. The van der Waals surface area contributed by atoms with E-state index in [1.54, 1.807) is 0 Å². The van der Waals surface area contributed by atoms with Gasteiger partial charge in [-0.1, -0.05) is 37.6 Å². The molecule has 104 valence electrons. The fourth-order valence-corrected chi connectivity index (χ4v) is 2.88. The van der Waals surface area contributed by atoms with Gasteiger partial charge in [0.15, 0.2) is 0 Å². The van der Waals surface area contributed by atoms with Crippen molar-refractivity contribution in [3.63, 3.8) is 0 Å². The van der Waals surface area contributed by atoms with Gasteiger partial charge in [-0.25, -0.2) is 0 Å². The van der Waals surface area contributed by atoms with E-state index < -0.39 is 0 Å². The first-order valence-electron chi connectivity index (χ1n) is 7.19. The molecule has 0 atom stereocenters. The van der Waals surface area contributed by atoms with E-state index >= 15 is 0 Å². The Morgan fingerprint density at radius 3 is 2.37 bits per heavy atom. The van der Waals surface area contributed by atoms with Gasteiger partial charge in [0.05, 0.1) is 5.41 Å². The largest absolute Gasteiger partial charge is 0.342 e. The predicted octanol–water partition coefficient (Wildman–Crippen LogP) is 4.02. The molecule has 0 spiro atoms. The molecular weight excluding hydrogens is 258 g/mol. The lowest BCUT2D eigenvalue weighted by molar-refractivity contribution is -0.134. The topological polar surface area (TPSA) is 20.3 Å². The standard InChI is InChI=1S/C16H22ClNO/c1-3-10-18(11-4-2)15(19)16(8-9-16)13-6-5-7-14(17)12-13/h5-7,12H,3-4,8-11H2,1-2H3. The van der Waals surface area contributed by atoms with Crippen LogP contribution in [0, 0.1) is 0 Å². The summed E-state index contributed by atoms with van der Waals surface area (Å²) >= 11 is 6.06. The van der Waals surface area contributed by atoms with E-state index in [1.807, 2.05) is 29.2 Å². The maximum Gasteiger partial charge on any atom is 0.233 e. The van der Waals surface area contributed by atoms with Crippen molar-refractivity contribution in [2.45, 2.75) is 44.9 Å². The lowest BCUT2D eigenvalue weighted by atomic mass is 9.94. The molecule has 0 aliphatic heterocycles. The summed E-state index contributed by atoms with van der Waals surface area (Å²) in [7, 11) is 0. The second-order valence-electron chi connectivity index (χ2n) is 5.38. The summed E-state index contributed by atoms with van der Waals surface area (Å²) in [6.07, 6.45) is 3.93. The molecule has 1 aromatic rings. The summed E-state index contributed by atoms with van der Waals surface area (Å²) in [5, 5.41) is 0.717. The van der Waals surface area contributed by atoms with E-state index in [9.17, 15) is 4.79 Å². The van der Waals surface area contributed by atoms with Gasteiger partial charge in [0.25, 0.3) is 0 Å². The average molecular weight is 280 g/mol. The van der Waals surface area contributed by atoms with Crippen LogP contribution in [0.1, 0.15) is 45.1 Å². The van der Waals surface area contributed by atoms with Gasteiger partial charge in [0.1, 0.15) is 0 Å². The lowest BCUT2D eigenvalue weighted by Gasteiger charge is -2.27. The Morgan fingerprint density at radius 1 is 1.26 bits per heavy atom. The zero-order valence-corrected chi connectivity index (χ0v) is 12.5. The number of carbonyl (C=O) groups excluding carboxylic acids is 1. The van der Waals surface area contributed by atoms with Crippen LogP contribution in [0.5, 0.6) is 0 Å². The summed E-state index contributed by atoms with van der Waals surface area (Å²) in [6, 6.07) is 7.78. The van der Waals surface area contributed by atoms with Gasteiger partial charge in [-0.15, -0.1) is 0 Å². The van der Waals surface area contributed by atoms with Crippen molar-refractivity contribution >= 4 is 17.5 Å². The second kappa shape index (κ2) is 5.96. The minimum Gasteiger partial charge on any atom is -0.342 e. The molecule has 3 heteroatoms. The highest BCUT2D eigenvalue weighted by Gasteiger charge is 2.52. The first-order chi connectivity index (χ1) is 9.14. The molecule has 1 amide bonds. The number of carbonyl (C=O) groups is 1. The fourth-order valence-electron chi connectivity index (χ4n) is 2.69. The molecular formula is C16H22ClNO. The van der Waals surface area contributed by atoms with Gasteiger partial charge < -0.3 is 4.90 Å². The SMILES string of the molecule is CCCN(CCC)C(=O)C1(c2cccc(Cl)c2)CC1. The summed E-state index contributed by atoms with van der Waals surface area (Å²) in [5.41, 5.74) is 0.803. The van der Waals surface area contributed by atoms with Gasteiger partial charge in [0, 0.05) is 18.1 Å². The summed E-state index contributed by atoms with van der Waals surface area (Å²) in [6.45, 7) is 5.95. The van der Waals surface area contributed by atoms with Gasteiger partial charge in [-0.2, -0.15) is 0 Å². The Labute approximate surface area is 120 Å². The molecule has 0 saturated heterocycles. The Hall–Kier alpha value is -1.02. The van der Waals surface area contributed by atoms with E-state index in [-0.39, 0.29) is 5.41 Å². The number of halogens is 1. The first kappa shape index (κ1) is 14.4. The van der Waals surface area contributed by atoms with Gasteiger partial charge in [0.2, 0.25) is 5.91 Å². The fraction of sp³-hybridized carbons (Fsp3) is 0.562. The molecule has 1 saturated carbocycles. The van der Waals surface area contributed by atoms with Crippen molar-refractivity contribution < 1.29 is 4.79 Å². The van der Waals surface area contributed by atoms with Crippen LogP contribution in [0.4, 0.5) is 0 Å². The minimum atomic E-state index is -0.282. The van der Waals surface area contributed by atoms with Crippen molar-refractivity contribution in [2.24, 2.45) is 0 Å². The van der Waals surface area contributed by atoms with Crippen LogP contribution in [0.2, 0.25) is 5.02 Å². The van der Waals surface area contributed by atoms with Crippen LogP contribution in [0.25, 0.3) is 0 Å². The van der Waals surface area contributed by atoms with Gasteiger partial charge in [-0.3, -0.25) is 4.79 Å². The van der Waals surface area contributed by atoms with Crippen LogP contribution in [-0.2, 0) is 10.2 Å². The minimum absolute atomic E-state index is 0.282. The number of rotatable bonds is 6. The average Bonchev–Trinajstić information content (AvgIpc) is 3.19. The molecule has 2 nitrogen and oxygen atoms in total. The molecule has 2 rings (SSSR count). The Morgan fingerprint density at radius 2 is 1.89 bits per heavy atom. The highest BCUT2D eigenvalue weighted by Crippen LogP contribution is 2.50. The smallest absolute Gasteiger partial charge is 0.233 e. The summed E-state index contributed by atoms with van der Waals surface area (Å²) in [4.78, 5) is 14.8. The van der Waals surface area contributed by atoms with Crippen LogP contribution >= 0.6 is 11.6 Å². The normalized spacial score (nSPS) is 16.2. The highest BCUT2D eigenvalue weighted by molar-refractivity contribution is 6.30. The van der Waals surface area contributed by atoms with Crippen LogP contribution in [0.15, 0.2) is 24.3 Å². The summed E-state index contributed by atoms with van der Waals surface area (Å²) < 4.78 is 0. The van der Waals surface area contributed by atoms with Gasteiger partial charge >= 0.3 is 0 Å². The molecule has 1 aliphatic carbocycles. The maximum atomic E-state index is 12.8.